The summed E-state index contributed by atoms with van der Waals surface area (Å²) in [5.74, 6) is 1.57. The van der Waals surface area contributed by atoms with Crippen LogP contribution < -0.4 is 0 Å². The Hall–Kier alpha value is -1.77. The van der Waals surface area contributed by atoms with Crippen LogP contribution in [-0.4, -0.2) is 52.4 Å². The van der Waals surface area contributed by atoms with Gasteiger partial charge in [0.2, 0.25) is 0 Å². The van der Waals surface area contributed by atoms with Gasteiger partial charge in [-0.05, 0) is 12.5 Å². The van der Waals surface area contributed by atoms with Gasteiger partial charge in [0.1, 0.15) is 11.6 Å². The van der Waals surface area contributed by atoms with Gasteiger partial charge in [0, 0.05) is 33.1 Å². The molecule has 1 aliphatic heterocycles. The molecule has 1 atom stereocenters. The van der Waals surface area contributed by atoms with Crippen molar-refractivity contribution < 1.29 is 8.42 Å². The molecule has 8 heteroatoms. The molecule has 0 fully saturated rings. The van der Waals surface area contributed by atoms with Crippen molar-refractivity contribution in [2.45, 2.75) is 25.9 Å². The van der Waals surface area contributed by atoms with E-state index in [1.54, 1.807) is 14.1 Å². The summed E-state index contributed by atoms with van der Waals surface area (Å²) in [6.07, 6.45) is 0.693. The number of hydrogen-bond donors (Lipinski definition) is 0. The number of nitrogens with zero attached hydrogens (tertiary/aromatic N) is 5. The maximum Gasteiger partial charge on any atom is 0.281 e. The second-order valence-electron chi connectivity index (χ2n) is 6.00. The highest BCUT2D eigenvalue weighted by Crippen LogP contribution is 2.25. The van der Waals surface area contributed by atoms with Crippen LogP contribution >= 0.6 is 0 Å². The lowest BCUT2D eigenvalue weighted by Gasteiger charge is -2.33. The van der Waals surface area contributed by atoms with Crippen molar-refractivity contribution in [1.82, 2.24) is 23.4 Å². The maximum atomic E-state index is 12.3. The highest BCUT2D eigenvalue weighted by molar-refractivity contribution is 7.86. The Kier molecular flexibility index (Phi) is 4.22. The van der Waals surface area contributed by atoms with E-state index in [1.807, 2.05) is 25.1 Å². The Labute approximate surface area is 136 Å². The second-order valence-corrected chi connectivity index (χ2v) is 8.14. The molecular weight excluding hydrogens is 314 g/mol. The standard InChI is InChI=1S/C15H21N5O2S/c1-12-10-19(23(21,22)18(2)3)11-15-17-16-14(20(12)15)9-13-7-5-4-6-8-13/h4-8,12H,9-11H2,1-3H3/t12-/m0/s1. The molecule has 0 spiro atoms. The summed E-state index contributed by atoms with van der Waals surface area (Å²) in [7, 11) is -0.356. The van der Waals surface area contributed by atoms with Crippen LogP contribution in [0.4, 0.5) is 0 Å². The van der Waals surface area contributed by atoms with Crippen LogP contribution in [0, 0.1) is 0 Å². The van der Waals surface area contributed by atoms with Gasteiger partial charge >= 0.3 is 0 Å². The average molecular weight is 335 g/mol. The third-order valence-electron chi connectivity index (χ3n) is 4.06. The molecule has 0 radical (unpaired) electrons. The van der Waals surface area contributed by atoms with Gasteiger partial charge in [-0.2, -0.15) is 17.0 Å². The van der Waals surface area contributed by atoms with Crippen molar-refractivity contribution >= 4 is 10.2 Å². The molecular formula is C15H21N5O2S. The molecule has 0 N–H and O–H groups in total. The first-order chi connectivity index (χ1) is 10.9. The van der Waals surface area contributed by atoms with E-state index in [9.17, 15) is 8.42 Å². The smallest absolute Gasteiger partial charge is 0.281 e. The molecule has 2 heterocycles. The van der Waals surface area contributed by atoms with Crippen molar-refractivity contribution in [3.8, 4) is 0 Å². The molecule has 0 saturated heterocycles. The fourth-order valence-corrected chi connectivity index (χ4v) is 4.03. The largest absolute Gasteiger partial charge is 0.309 e. The van der Waals surface area contributed by atoms with Crippen molar-refractivity contribution in [3.05, 3.63) is 47.5 Å². The lowest BCUT2D eigenvalue weighted by molar-refractivity contribution is 0.274. The Morgan fingerprint density at radius 3 is 2.57 bits per heavy atom. The Bertz CT molecular complexity index is 785. The summed E-state index contributed by atoms with van der Waals surface area (Å²) in [4.78, 5) is 0. The zero-order valence-corrected chi connectivity index (χ0v) is 14.4. The van der Waals surface area contributed by atoms with E-state index in [0.29, 0.717) is 18.8 Å². The fraction of sp³-hybridized carbons (Fsp3) is 0.467. The normalized spacial score (nSPS) is 19.0. The molecule has 0 bridgehead atoms. The monoisotopic (exact) mass is 335 g/mol. The van der Waals surface area contributed by atoms with Gasteiger partial charge in [-0.3, -0.25) is 0 Å². The number of aromatic nitrogens is 3. The van der Waals surface area contributed by atoms with Crippen LogP contribution in [0.5, 0.6) is 0 Å². The molecule has 2 aromatic rings. The van der Waals surface area contributed by atoms with Gasteiger partial charge in [0.15, 0.2) is 0 Å². The zero-order valence-electron chi connectivity index (χ0n) is 13.5. The average Bonchev–Trinajstić information content (AvgIpc) is 2.91. The highest BCUT2D eigenvalue weighted by Gasteiger charge is 2.34. The predicted octanol–water partition coefficient (Wildman–Crippen LogP) is 1.05. The van der Waals surface area contributed by atoms with Gasteiger partial charge in [0.05, 0.1) is 6.54 Å². The number of benzene rings is 1. The van der Waals surface area contributed by atoms with Gasteiger partial charge < -0.3 is 4.57 Å². The van der Waals surface area contributed by atoms with Crippen molar-refractivity contribution in [3.63, 3.8) is 0 Å². The molecule has 0 unspecified atom stereocenters. The third-order valence-corrected chi connectivity index (χ3v) is 5.91. The molecule has 1 aliphatic rings. The van der Waals surface area contributed by atoms with Crippen LogP contribution in [-0.2, 0) is 23.2 Å². The Morgan fingerprint density at radius 2 is 1.91 bits per heavy atom. The predicted molar refractivity (Wildman–Crippen MR) is 87.0 cm³/mol. The first-order valence-electron chi connectivity index (χ1n) is 7.53. The summed E-state index contributed by atoms with van der Waals surface area (Å²) >= 11 is 0. The number of hydrogen-bond acceptors (Lipinski definition) is 4. The highest BCUT2D eigenvalue weighted by atomic mass is 32.2. The minimum absolute atomic E-state index is 0.00203. The molecule has 3 rings (SSSR count). The molecule has 0 amide bonds. The van der Waals surface area contributed by atoms with Crippen molar-refractivity contribution in [1.29, 1.82) is 0 Å². The molecule has 1 aromatic carbocycles. The molecule has 0 aliphatic carbocycles. The minimum atomic E-state index is -3.44. The molecule has 1 aromatic heterocycles. The van der Waals surface area contributed by atoms with E-state index < -0.39 is 10.2 Å². The molecule has 0 saturated carbocycles. The molecule has 124 valence electrons. The second kappa shape index (κ2) is 6.03. The van der Waals surface area contributed by atoms with Crippen LogP contribution in [0.2, 0.25) is 0 Å². The topological polar surface area (TPSA) is 71.3 Å². The van der Waals surface area contributed by atoms with Crippen LogP contribution in [0.3, 0.4) is 0 Å². The van der Waals surface area contributed by atoms with Crippen LogP contribution in [0.1, 0.15) is 30.2 Å². The van der Waals surface area contributed by atoms with Crippen molar-refractivity contribution in [2.75, 3.05) is 20.6 Å². The van der Waals surface area contributed by atoms with E-state index in [0.717, 1.165) is 5.82 Å². The quantitative estimate of drug-likeness (QED) is 0.837. The number of fused-ring (bicyclic) bond motifs is 1. The van der Waals surface area contributed by atoms with E-state index in [2.05, 4.69) is 26.9 Å². The van der Waals surface area contributed by atoms with E-state index in [-0.39, 0.29) is 12.6 Å². The lowest BCUT2D eigenvalue weighted by Crippen LogP contribution is -2.45. The van der Waals surface area contributed by atoms with Crippen LogP contribution in [0.15, 0.2) is 30.3 Å². The summed E-state index contributed by atoms with van der Waals surface area (Å²) < 4.78 is 29.4. The van der Waals surface area contributed by atoms with E-state index >= 15 is 0 Å². The summed E-state index contributed by atoms with van der Waals surface area (Å²) in [5.41, 5.74) is 1.17. The van der Waals surface area contributed by atoms with E-state index in [4.69, 9.17) is 0 Å². The summed E-state index contributed by atoms with van der Waals surface area (Å²) in [5, 5.41) is 8.50. The van der Waals surface area contributed by atoms with Crippen molar-refractivity contribution in [2.24, 2.45) is 0 Å². The fourth-order valence-electron chi connectivity index (χ4n) is 2.88. The van der Waals surface area contributed by atoms with Crippen LogP contribution in [0.25, 0.3) is 0 Å². The molecule has 7 nitrogen and oxygen atoms in total. The van der Waals surface area contributed by atoms with Gasteiger partial charge in [0.25, 0.3) is 10.2 Å². The SMILES string of the molecule is C[C@H]1CN(S(=O)(=O)N(C)C)Cc2nnc(Cc3ccccc3)n21. The summed E-state index contributed by atoms with van der Waals surface area (Å²) in [6, 6.07) is 10.1. The minimum Gasteiger partial charge on any atom is -0.309 e. The molecule has 23 heavy (non-hydrogen) atoms. The Morgan fingerprint density at radius 1 is 1.22 bits per heavy atom. The summed E-state index contributed by atoms with van der Waals surface area (Å²) in [6.45, 7) is 2.68. The zero-order chi connectivity index (χ0) is 16.6. The third kappa shape index (κ3) is 3.01. The first kappa shape index (κ1) is 16.1. The Balaban J connectivity index is 1.88. The maximum absolute atomic E-state index is 12.3. The lowest BCUT2D eigenvalue weighted by atomic mass is 10.1. The van der Waals surface area contributed by atoms with Gasteiger partial charge in [-0.25, -0.2) is 0 Å². The number of rotatable bonds is 4. The van der Waals surface area contributed by atoms with E-state index in [1.165, 1.54) is 14.2 Å². The first-order valence-corrected chi connectivity index (χ1v) is 8.93. The van der Waals surface area contributed by atoms with Gasteiger partial charge in [-0.15, -0.1) is 10.2 Å². The van der Waals surface area contributed by atoms with Gasteiger partial charge in [-0.1, -0.05) is 30.3 Å².